The number of sulfone groups is 1. The molecule has 0 saturated heterocycles. The van der Waals surface area contributed by atoms with Crippen molar-refractivity contribution in [1.82, 2.24) is 9.78 Å². The van der Waals surface area contributed by atoms with Crippen LogP contribution in [0.2, 0.25) is 0 Å². The molecule has 1 fully saturated rings. The molecule has 0 radical (unpaired) electrons. The van der Waals surface area contributed by atoms with Crippen LogP contribution in [0, 0.1) is 5.92 Å². The average Bonchev–Trinajstić information content (AvgIpc) is 3.25. The topological polar surface area (TPSA) is 81.1 Å². The van der Waals surface area contributed by atoms with E-state index in [0.29, 0.717) is 17.9 Å². The minimum absolute atomic E-state index is 0.00380. The molecule has 1 unspecified atom stereocenters. The molecule has 1 aromatic carbocycles. The van der Waals surface area contributed by atoms with Gasteiger partial charge in [-0.25, -0.2) is 17.2 Å². The summed E-state index contributed by atoms with van der Waals surface area (Å²) in [6.45, 7) is 2.55. The highest BCUT2D eigenvalue weighted by Gasteiger charge is 2.34. The van der Waals surface area contributed by atoms with Gasteiger partial charge < -0.3 is 5.32 Å². The number of aryl methyl sites for hydroxylation is 1. The number of alkyl halides is 2. The van der Waals surface area contributed by atoms with Gasteiger partial charge in [0, 0.05) is 30.6 Å². The molecule has 0 aliphatic heterocycles. The Morgan fingerprint density at radius 3 is 2.34 bits per heavy atom. The zero-order chi connectivity index (χ0) is 21.2. The van der Waals surface area contributed by atoms with E-state index in [1.807, 2.05) is 6.92 Å². The van der Waals surface area contributed by atoms with Crippen molar-refractivity contribution < 1.29 is 22.0 Å². The van der Waals surface area contributed by atoms with E-state index in [2.05, 4.69) is 10.4 Å². The molecule has 29 heavy (non-hydrogen) atoms. The molecule has 1 aliphatic rings. The van der Waals surface area contributed by atoms with E-state index in [1.165, 1.54) is 24.3 Å². The summed E-state index contributed by atoms with van der Waals surface area (Å²) in [4.78, 5) is 13.0. The lowest BCUT2D eigenvalue weighted by Gasteiger charge is -2.11. The summed E-state index contributed by atoms with van der Waals surface area (Å²) in [5.74, 6) is -0.548. The molecule has 156 valence electrons. The molecule has 1 N–H and O–H groups in total. The summed E-state index contributed by atoms with van der Waals surface area (Å²) in [6, 6.07) is 7.49. The minimum Gasteiger partial charge on any atom is -0.305 e. The van der Waals surface area contributed by atoms with E-state index in [9.17, 15) is 22.0 Å². The molecule has 1 aromatic heterocycles. The zero-order valence-electron chi connectivity index (χ0n) is 16.2. The summed E-state index contributed by atoms with van der Waals surface area (Å²) in [5, 5.41) is 6.90. The summed E-state index contributed by atoms with van der Waals surface area (Å²) in [7, 11) is -3.38. The predicted octanol–water partition coefficient (Wildman–Crippen LogP) is 3.41. The second-order valence-electron chi connectivity index (χ2n) is 7.15. The maximum Gasteiger partial charge on any atom is 0.257 e. The van der Waals surface area contributed by atoms with Crippen LogP contribution in [0.5, 0.6) is 0 Å². The lowest BCUT2D eigenvalue weighted by atomic mass is 9.98. The van der Waals surface area contributed by atoms with Crippen LogP contribution in [-0.4, -0.2) is 42.7 Å². The van der Waals surface area contributed by atoms with Crippen molar-refractivity contribution in [3.05, 3.63) is 48.2 Å². The second-order valence-corrected chi connectivity index (χ2v) is 9.17. The largest absolute Gasteiger partial charge is 0.305 e. The third kappa shape index (κ3) is 5.09. The van der Waals surface area contributed by atoms with Crippen LogP contribution in [0.1, 0.15) is 25.3 Å². The number of hydrogen-bond donors (Lipinski definition) is 1. The Labute approximate surface area is 168 Å². The summed E-state index contributed by atoms with van der Waals surface area (Å²) in [6.07, 6.45) is 1.29. The number of nitrogens with zero attached hydrogens (tertiary/aromatic N) is 2. The summed E-state index contributed by atoms with van der Waals surface area (Å²) >= 11 is 0. The fourth-order valence-corrected chi connectivity index (χ4v) is 3.95. The van der Waals surface area contributed by atoms with Crippen LogP contribution in [0.25, 0.3) is 5.57 Å². The van der Waals surface area contributed by atoms with E-state index in [1.54, 1.807) is 23.0 Å². The minimum atomic E-state index is -3.38. The van der Waals surface area contributed by atoms with Gasteiger partial charge in [0.25, 0.3) is 5.91 Å². The lowest BCUT2D eigenvalue weighted by molar-refractivity contribution is -0.111. The van der Waals surface area contributed by atoms with Crippen molar-refractivity contribution in [1.29, 1.82) is 0 Å². The fraction of sp³-hybridized carbons (Fsp3) is 0.400. The third-order valence-corrected chi connectivity index (χ3v) is 6.02. The van der Waals surface area contributed by atoms with Crippen molar-refractivity contribution in [2.45, 2.75) is 43.5 Å². The van der Waals surface area contributed by atoms with E-state index in [-0.39, 0.29) is 23.3 Å². The van der Waals surface area contributed by atoms with Gasteiger partial charge in [0.2, 0.25) is 0 Å². The molecule has 0 bridgehead atoms. The third-order valence-electron chi connectivity index (χ3n) is 4.90. The molecular formula is C20H23F2N3O3S. The van der Waals surface area contributed by atoms with Crippen LogP contribution in [0.4, 0.5) is 14.6 Å². The molecule has 9 heteroatoms. The van der Waals surface area contributed by atoms with Gasteiger partial charge in [-0.2, -0.15) is 5.10 Å². The smallest absolute Gasteiger partial charge is 0.257 e. The molecule has 2 aromatic rings. The monoisotopic (exact) mass is 423 g/mol. The highest BCUT2D eigenvalue weighted by Crippen LogP contribution is 2.34. The lowest BCUT2D eigenvalue weighted by Crippen LogP contribution is -2.15. The van der Waals surface area contributed by atoms with Crippen LogP contribution in [0.3, 0.4) is 0 Å². The Balaban J connectivity index is 1.91. The molecular weight excluding hydrogens is 400 g/mol. The number of allylic oxidation sites excluding steroid dienone is 1. The molecule has 3 rings (SSSR count). The quantitative estimate of drug-likeness (QED) is 0.722. The number of hydrogen-bond acceptors (Lipinski definition) is 4. The van der Waals surface area contributed by atoms with E-state index in [4.69, 9.17) is 0 Å². The SMILES string of the molecule is CCn1ccc(NC(=O)/C(=C/C2C[C@@H](F)[C@@H](F)C2)c2ccc(S(C)(=O)=O)cc2)n1. The maximum absolute atomic E-state index is 13.6. The molecule has 0 spiro atoms. The van der Waals surface area contributed by atoms with E-state index < -0.39 is 34.0 Å². The van der Waals surface area contributed by atoms with Crippen LogP contribution < -0.4 is 5.32 Å². The number of aromatic nitrogens is 2. The van der Waals surface area contributed by atoms with Gasteiger partial charge in [0.05, 0.1) is 4.90 Å². The van der Waals surface area contributed by atoms with Gasteiger partial charge in [0.1, 0.15) is 12.3 Å². The highest BCUT2D eigenvalue weighted by molar-refractivity contribution is 7.90. The van der Waals surface area contributed by atoms with Crippen molar-refractivity contribution >= 4 is 27.1 Å². The molecule has 1 saturated carbocycles. The normalized spacial score (nSPS) is 22.6. The molecule has 1 heterocycles. The first-order chi connectivity index (χ1) is 13.7. The Morgan fingerprint density at radius 2 is 1.83 bits per heavy atom. The summed E-state index contributed by atoms with van der Waals surface area (Å²) < 4.78 is 52.2. The number of anilines is 1. The number of carbonyl (C=O) groups excluding carboxylic acids is 1. The predicted molar refractivity (Wildman–Crippen MR) is 107 cm³/mol. The van der Waals surface area contributed by atoms with Gasteiger partial charge >= 0.3 is 0 Å². The first-order valence-corrected chi connectivity index (χ1v) is 11.2. The van der Waals surface area contributed by atoms with Gasteiger partial charge in [-0.15, -0.1) is 0 Å². The first-order valence-electron chi connectivity index (χ1n) is 9.32. The summed E-state index contributed by atoms with van der Waals surface area (Å²) in [5.41, 5.74) is 0.685. The average molecular weight is 423 g/mol. The Morgan fingerprint density at radius 1 is 1.21 bits per heavy atom. The first kappa shape index (κ1) is 21.2. The zero-order valence-corrected chi connectivity index (χ0v) is 17.0. The molecule has 1 aliphatic carbocycles. The van der Waals surface area contributed by atoms with Crippen molar-refractivity contribution in [3.8, 4) is 0 Å². The number of rotatable bonds is 6. The van der Waals surface area contributed by atoms with Crippen LogP contribution >= 0.6 is 0 Å². The highest BCUT2D eigenvalue weighted by atomic mass is 32.2. The van der Waals surface area contributed by atoms with Gasteiger partial charge in [0.15, 0.2) is 15.7 Å². The standard InChI is InChI=1S/C20H23F2N3O3S/c1-3-25-9-8-19(24-25)23-20(26)16(10-13-11-17(21)18(22)12-13)14-4-6-15(7-5-14)29(2,27)28/h4-10,13,17-18H,3,11-12H2,1-2H3,(H,23,24,26)/b16-10+/t13?,17-,18+. The van der Waals surface area contributed by atoms with Gasteiger partial charge in [-0.3, -0.25) is 9.48 Å². The van der Waals surface area contributed by atoms with Crippen molar-refractivity contribution in [2.24, 2.45) is 5.92 Å². The number of nitrogens with one attached hydrogen (secondary N) is 1. The van der Waals surface area contributed by atoms with E-state index in [0.717, 1.165) is 6.26 Å². The number of carbonyl (C=O) groups is 1. The van der Waals surface area contributed by atoms with Gasteiger partial charge in [-0.05, 0) is 43.4 Å². The van der Waals surface area contributed by atoms with Crippen molar-refractivity contribution in [2.75, 3.05) is 11.6 Å². The molecule has 6 nitrogen and oxygen atoms in total. The van der Waals surface area contributed by atoms with Crippen LogP contribution in [-0.2, 0) is 21.2 Å². The van der Waals surface area contributed by atoms with Crippen molar-refractivity contribution in [3.63, 3.8) is 0 Å². The number of benzene rings is 1. The maximum atomic E-state index is 13.6. The Hall–Kier alpha value is -2.55. The molecule has 3 atom stereocenters. The Kier molecular flexibility index (Phi) is 6.16. The Bertz CT molecular complexity index is 1010. The van der Waals surface area contributed by atoms with Crippen LogP contribution in [0.15, 0.2) is 47.5 Å². The fourth-order valence-electron chi connectivity index (χ4n) is 3.31. The van der Waals surface area contributed by atoms with Gasteiger partial charge in [-0.1, -0.05) is 18.2 Å². The number of amides is 1. The molecule has 1 amide bonds. The number of halogens is 2. The van der Waals surface area contributed by atoms with E-state index >= 15 is 0 Å². The second kappa shape index (κ2) is 8.44.